The number of carbonyl (C=O) groups is 2. The molecule has 3 rings (SSSR count). The highest BCUT2D eigenvalue weighted by Crippen LogP contribution is 2.29. The molecule has 0 aliphatic carbocycles. The molecule has 7 heteroatoms. The van der Waals surface area contributed by atoms with E-state index in [1.54, 1.807) is 27.7 Å². The molecule has 2 heterocycles. The fourth-order valence-electron chi connectivity index (χ4n) is 3.14. The number of aromatic nitrogens is 2. The smallest absolute Gasteiger partial charge is 0.228 e. The SMILES string of the molecule is Cc1cc(N2CC(C(=O)N(C)Cc3cnn(C)c3)CC2=O)ccc1Br. The lowest BCUT2D eigenvalue weighted by atomic mass is 10.1. The van der Waals surface area contributed by atoms with Crippen LogP contribution in [0.2, 0.25) is 0 Å². The van der Waals surface area contributed by atoms with Crippen molar-refractivity contribution in [1.29, 1.82) is 0 Å². The van der Waals surface area contributed by atoms with Crippen molar-refractivity contribution in [2.24, 2.45) is 13.0 Å². The Bertz CT molecular complexity index is 817. The summed E-state index contributed by atoms with van der Waals surface area (Å²) >= 11 is 3.47. The van der Waals surface area contributed by atoms with Crippen molar-refractivity contribution >= 4 is 33.4 Å². The summed E-state index contributed by atoms with van der Waals surface area (Å²) in [5.41, 5.74) is 2.88. The Morgan fingerprint density at radius 3 is 2.84 bits per heavy atom. The molecule has 1 aliphatic heterocycles. The van der Waals surface area contributed by atoms with Crippen LogP contribution in [0.5, 0.6) is 0 Å². The molecule has 2 amide bonds. The van der Waals surface area contributed by atoms with E-state index in [1.807, 2.05) is 38.4 Å². The number of rotatable bonds is 4. The molecular weight excluding hydrogens is 384 g/mol. The number of halogens is 1. The number of hydrogen-bond donors (Lipinski definition) is 0. The fourth-order valence-corrected chi connectivity index (χ4v) is 3.38. The number of amides is 2. The number of anilines is 1. The van der Waals surface area contributed by atoms with E-state index in [0.29, 0.717) is 13.1 Å². The maximum absolute atomic E-state index is 12.7. The van der Waals surface area contributed by atoms with E-state index in [2.05, 4.69) is 21.0 Å². The summed E-state index contributed by atoms with van der Waals surface area (Å²) in [7, 11) is 3.62. The van der Waals surface area contributed by atoms with E-state index >= 15 is 0 Å². The third-order valence-electron chi connectivity index (χ3n) is 4.48. The molecule has 1 saturated heterocycles. The summed E-state index contributed by atoms with van der Waals surface area (Å²) in [6.45, 7) is 2.91. The zero-order valence-electron chi connectivity index (χ0n) is 14.6. The standard InChI is InChI=1S/C18H21BrN4O2/c1-12-6-15(4-5-16(12)19)23-11-14(7-17(23)24)18(25)21(2)9-13-8-20-22(3)10-13/h4-6,8,10,14H,7,9,11H2,1-3H3. The lowest BCUT2D eigenvalue weighted by Gasteiger charge is -2.21. The molecule has 25 heavy (non-hydrogen) atoms. The van der Waals surface area contributed by atoms with Gasteiger partial charge in [-0.2, -0.15) is 5.10 Å². The largest absolute Gasteiger partial charge is 0.341 e. The number of carbonyl (C=O) groups excluding carboxylic acids is 2. The molecule has 0 radical (unpaired) electrons. The second kappa shape index (κ2) is 7.00. The van der Waals surface area contributed by atoms with Gasteiger partial charge in [0.15, 0.2) is 0 Å². The first kappa shape index (κ1) is 17.7. The van der Waals surface area contributed by atoms with E-state index in [4.69, 9.17) is 0 Å². The monoisotopic (exact) mass is 404 g/mol. The van der Waals surface area contributed by atoms with E-state index in [1.165, 1.54) is 0 Å². The second-order valence-corrected chi connectivity index (χ2v) is 7.41. The zero-order valence-corrected chi connectivity index (χ0v) is 16.2. The highest BCUT2D eigenvalue weighted by Gasteiger charge is 2.36. The van der Waals surface area contributed by atoms with Crippen LogP contribution in [0.1, 0.15) is 17.5 Å². The van der Waals surface area contributed by atoms with Gasteiger partial charge in [-0.1, -0.05) is 15.9 Å². The molecule has 0 bridgehead atoms. The molecule has 1 aromatic carbocycles. The van der Waals surface area contributed by atoms with E-state index < -0.39 is 0 Å². The molecule has 1 aromatic heterocycles. The first-order valence-electron chi connectivity index (χ1n) is 8.14. The average Bonchev–Trinajstić information content (AvgIpc) is 3.15. The van der Waals surface area contributed by atoms with Crippen molar-refractivity contribution in [2.75, 3.05) is 18.5 Å². The van der Waals surface area contributed by atoms with Crippen LogP contribution in [0.3, 0.4) is 0 Å². The molecule has 1 fully saturated rings. The van der Waals surface area contributed by atoms with Crippen molar-refractivity contribution < 1.29 is 9.59 Å². The Hall–Kier alpha value is -2.15. The maximum Gasteiger partial charge on any atom is 0.228 e. The molecule has 1 unspecified atom stereocenters. The third-order valence-corrected chi connectivity index (χ3v) is 5.37. The minimum Gasteiger partial charge on any atom is -0.341 e. The van der Waals surface area contributed by atoms with Crippen LogP contribution in [-0.2, 0) is 23.2 Å². The Morgan fingerprint density at radius 1 is 1.44 bits per heavy atom. The molecule has 0 spiro atoms. The summed E-state index contributed by atoms with van der Waals surface area (Å²) in [6.07, 6.45) is 3.90. The van der Waals surface area contributed by atoms with Crippen LogP contribution >= 0.6 is 15.9 Å². The van der Waals surface area contributed by atoms with Crippen LogP contribution in [0, 0.1) is 12.8 Å². The van der Waals surface area contributed by atoms with Gasteiger partial charge in [-0.25, -0.2) is 0 Å². The summed E-state index contributed by atoms with van der Waals surface area (Å²) in [4.78, 5) is 28.5. The fraction of sp³-hybridized carbons (Fsp3) is 0.389. The predicted molar refractivity (Wildman–Crippen MR) is 99.0 cm³/mol. The summed E-state index contributed by atoms with van der Waals surface area (Å²) in [5, 5.41) is 4.12. The minimum atomic E-state index is -0.307. The van der Waals surface area contributed by atoms with Gasteiger partial charge in [-0.3, -0.25) is 14.3 Å². The maximum atomic E-state index is 12.7. The van der Waals surface area contributed by atoms with E-state index in [9.17, 15) is 9.59 Å². The molecular formula is C18H21BrN4O2. The highest BCUT2D eigenvalue weighted by molar-refractivity contribution is 9.10. The number of nitrogens with zero attached hydrogens (tertiary/aromatic N) is 4. The predicted octanol–water partition coefficient (Wildman–Crippen LogP) is 2.50. The Labute approximate surface area is 155 Å². The van der Waals surface area contributed by atoms with Crippen molar-refractivity contribution in [3.63, 3.8) is 0 Å². The van der Waals surface area contributed by atoms with E-state index in [-0.39, 0.29) is 24.2 Å². The lowest BCUT2D eigenvalue weighted by molar-refractivity contribution is -0.135. The van der Waals surface area contributed by atoms with Crippen molar-refractivity contribution in [1.82, 2.24) is 14.7 Å². The van der Waals surface area contributed by atoms with Gasteiger partial charge in [0.2, 0.25) is 11.8 Å². The lowest BCUT2D eigenvalue weighted by Crippen LogP contribution is -2.34. The van der Waals surface area contributed by atoms with Gasteiger partial charge >= 0.3 is 0 Å². The van der Waals surface area contributed by atoms with Crippen LogP contribution in [-0.4, -0.2) is 40.1 Å². The van der Waals surface area contributed by atoms with Crippen molar-refractivity contribution in [3.8, 4) is 0 Å². The van der Waals surface area contributed by atoms with Gasteiger partial charge < -0.3 is 9.80 Å². The van der Waals surface area contributed by atoms with Crippen molar-refractivity contribution in [3.05, 3.63) is 46.2 Å². The quantitative estimate of drug-likeness (QED) is 0.786. The van der Waals surface area contributed by atoms with Gasteiger partial charge in [-0.15, -0.1) is 0 Å². The summed E-state index contributed by atoms with van der Waals surface area (Å²) in [5.74, 6) is -0.318. The van der Waals surface area contributed by atoms with E-state index in [0.717, 1.165) is 21.3 Å². The van der Waals surface area contributed by atoms with Gasteiger partial charge in [-0.05, 0) is 30.7 Å². The number of aryl methyl sites for hydroxylation is 2. The molecule has 1 aliphatic rings. The van der Waals surface area contributed by atoms with Crippen LogP contribution < -0.4 is 4.90 Å². The Balaban J connectivity index is 1.68. The number of benzene rings is 1. The first-order chi connectivity index (χ1) is 11.8. The molecule has 0 saturated carbocycles. The van der Waals surface area contributed by atoms with Gasteiger partial charge in [0, 0.05) is 55.5 Å². The summed E-state index contributed by atoms with van der Waals surface area (Å²) < 4.78 is 2.72. The normalized spacial score (nSPS) is 17.2. The average molecular weight is 405 g/mol. The highest BCUT2D eigenvalue weighted by atomic mass is 79.9. The van der Waals surface area contributed by atoms with Crippen LogP contribution in [0.25, 0.3) is 0 Å². The molecule has 6 nitrogen and oxygen atoms in total. The van der Waals surface area contributed by atoms with Gasteiger partial charge in [0.25, 0.3) is 0 Å². The molecule has 2 aromatic rings. The Morgan fingerprint density at radius 2 is 2.20 bits per heavy atom. The van der Waals surface area contributed by atoms with Gasteiger partial charge in [0.05, 0.1) is 12.1 Å². The first-order valence-corrected chi connectivity index (χ1v) is 8.93. The molecule has 1 atom stereocenters. The van der Waals surface area contributed by atoms with Gasteiger partial charge in [0.1, 0.15) is 0 Å². The number of hydrogen-bond acceptors (Lipinski definition) is 3. The topological polar surface area (TPSA) is 58.4 Å². The minimum absolute atomic E-state index is 0.00477. The van der Waals surface area contributed by atoms with Crippen LogP contribution in [0.4, 0.5) is 5.69 Å². The van der Waals surface area contributed by atoms with Crippen molar-refractivity contribution in [2.45, 2.75) is 19.9 Å². The second-order valence-electron chi connectivity index (χ2n) is 6.56. The summed E-state index contributed by atoms with van der Waals surface area (Å²) in [6, 6.07) is 5.80. The molecule has 132 valence electrons. The molecule has 0 N–H and O–H groups in total. The Kier molecular flexibility index (Phi) is 4.94. The zero-order chi connectivity index (χ0) is 18.1. The van der Waals surface area contributed by atoms with Crippen LogP contribution in [0.15, 0.2) is 35.1 Å². The third kappa shape index (κ3) is 3.76.